The highest BCUT2D eigenvalue weighted by atomic mass is 79.9. The average Bonchev–Trinajstić information content (AvgIpc) is 2.44. The van der Waals surface area contributed by atoms with Crippen LogP contribution in [0.4, 0.5) is 0 Å². The summed E-state index contributed by atoms with van der Waals surface area (Å²) in [4.78, 5) is 26.7. The highest BCUT2D eigenvalue weighted by molar-refractivity contribution is 9.10. The monoisotopic (exact) mass is 388 g/mol. The Labute approximate surface area is 139 Å². The molecule has 0 aromatic heterocycles. The Bertz CT molecular complexity index is 679. The number of phenols is 1. The van der Waals surface area contributed by atoms with Crippen molar-refractivity contribution in [1.29, 1.82) is 0 Å². The molecular formula is C13H10BrClN2O3S. The van der Waals surface area contributed by atoms with Gasteiger partial charge in [0, 0.05) is 24.1 Å². The standard InChI is InChI=1S/C13H10BrClN2O3S/c1-16-11(19)8(12(20)17(2)13(16)21)4-6-3-7(14)5-9(15)10(6)18/h3-5,18H,1-2H3. The van der Waals surface area contributed by atoms with E-state index in [0.29, 0.717) is 4.47 Å². The molecule has 1 N–H and O–H groups in total. The summed E-state index contributed by atoms with van der Waals surface area (Å²) in [5.74, 6) is -1.26. The third-order valence-corrected chi connectivity index (χ3v) is 4.30. The quantitative estimate of drug-likeness (QED) is 0.455. The summed E-state index contributed by atoms with van der Waals surface area (Å²) in [5.41, 5.74) is 0.166. The van der Waals surface area contributed by atoms with Crippen molar-refractivity contribution in [2.24, 2.45) is 0 Å². The third kappa shape index (κ3) is 2.81. The van der Waals surface area contributed by atoms with Crippen molar-refractivity contribution in [3.8, 4) is 5.75 Å². The van der Waals surface area contributed by atoms with Crippen molar-refractivity contribution in [1.82, 2.24) is 9.80 Å². The number of hydrogen-bond donors (Lipinski definition) is 1. The van der Waals surface area contributed by atoms with Crippen LogP contribution in [0, 0.1) is 0 Å². The van der Waals surface area contributed by atoms with E-state index in [-0.39, 0.29) is 27.0 Å². The molecule has 8 heteroatoms. The molecule has 21 heavy (non-hydrogen) atoms. The second kappa shape index (κ2) is 5.75. The number of nitrogens with zero attached hydrogens (tertiary/aromatic N) is 2. The molecule has 0 unspecified atom stereocenters. The van der Waals surface area contributed by atoms with Crippen molar-refractivity contribution in [3.63, 3.8) is 0 Å². The first kappa shape index (κ1) is 15.9. The molecule has 0 aliphatic carbocycles. The van der Waals surface area contributed by atoms with Crippen molar-refractivity contribution in [2.45, 2.75) is 0 Å². The SMILES string of the molecule is CN1C(=O)C(=Cc2cc(Br)cc(Cl)c2O)C(=O)N(C)C1=S. The van der Waals surface area contributed by atoms with Crippen LogP contribution in [-0.4, -0.2) is 45.9 Å². The Morgan fingerprint density at radius 2 is 1.76 bits per heavy atom. The maximum Gasteiger partial charge on any atom is 0.265 e. The Morgan fingerprint density at radius 3 is 2.29 bits per heavy atom. The minimum atomic E-state index is -0.529. The van der Waals surface area contributed by atoms with Gasteiger partial charge < -0.3 is 5.11 Å². The predicted octanol–water partition coefficient (Wildman–Crippen LogP) is 2.41. The molecule has 1 heterocycles. The van der Waals surface area contributed by atoms with Crippen LogP contribution in [0.2, 0.25) is 5.02 Å². The second-order valence-electron chi connectivity index (χ2n) is 4.39. The Balaban J connectivity index is 2.57. The summed E-state index contributed by atoms with van der Waals surface area (Å²) in [6, 6.07) is 3.07. The van der Waals surface area contributed by atoms with Gasteiger partial charge in [0.05, 0.1) is 5.02 Å². The lowest BCUT2D eigenvalue weighted by Gasteiger charge is -2.31. The fourth-order valence-corrected chi connectivity index (χ4v) is 2.83. The van der Waals surface area contributed by atoms with Crippen LogP contribution < -0.4 is 0 Å². The molecular weight excluding hydrogens is 380 g/mol. The molecule has 1 saturated heterocycles. The highest BCUT2D eigenvalue weighted by Crippen LogP contribution is 2.33. The molecule has 0 atom stereocenters. The lowest BCUT2D eigenvalue weighted by Crippen LogP contribution is -2.52. The van der Waals surface area contributed by atoms with E-state index in [1.54, 1.807) is 6.07 Å². The Hall–Kier alpha value is -1.44. The molecule has 2 rings (SSSR count). The molecule has 1 aliphatic rings. The minimum Gasteiger partial charge on any atom is -0.506 e. The van der Waals surface area contributed by atoms with E-state index in [1.807, 2.05) is 0 Å². The number of thiocarbonyl (C=S) groups is 1. The predicted molar refractivity (Wildman–Crippen MR) is 86.9 cm³/mol. The highest BCUT2D eigenvalue weighted by Gasteiger charge is 2.35. The van der Waals surface area contributed by atoms with E-state index in [1.165, 1.54) is 36.0 Å². The van der Waals surface area contributed by atoms with E-state index in [9.17, 15) is 14.7 Å². The lowest BCUT2D eigenvalue weighted by atomic mass is 10.1. The maximum atomic E-state index is 12.2. The van der Waals surface area contributed by atoms with Gasteiger partial charge >= 0.3 is 0 Å². The number of hydrogen-bond acceptors (Lipinski definition) is 4. The van der Waals surface area contributed by atoms with Gasteiger partial charge in [-0.1, -0.05) is 27.5 Å². The first-order valence-electron chi connectivity index (χ1n) is 5.73. The minimum absolute atomic E-state index is 0.0990. The first-order valence-corrected chi connectivity index (χ1v) is 7.31. The Morgan fingerprint density at radius 1 is 1.24 bits per heavy atom. The average molecular weight is 390 g/mol. The van der Waals surface area contributed by atoms with Gasteiger partial charge in [-0.3, -0.25) is 19.4 Å². The molecule has 5 nitrogen and oxygen atoms in total. The molecule has 1 aliphatic heterocycles. The van der Waals surface area contributed by atoms with Crippen molar-refractivity contribution in [3.05, 3.63) is 32.8 Å². The molecule has 0 saturated carbocycles. The molecule has 0 bridgehead atoms. The largest absolute Gasteiger partial charge is 0.506 e. The van der Waals surface area contributed by atoms with Gasteiger partial charge in [-0.15, -0.1) is 0 Å². The van der Waals surface area contributed by atoms with Crippen LogP contribution in [0.3, 0.4) is 0 Å². The summed E-state index contributed by atoms with van der Waals surface area (Å²) in [7, 11) is 2.96. The molecule has 1 aromatic rings. The van der Waals surface area contributed by atoms with Crippen molar-refractivity contribution < 1.29 is 14.7 Å². The van der Waals surface area contributed by atoms with Crippen LogP contribution in [0.5, 0.6) is 5.75 Å². The van der Waals surface area contributed by atoms with Crippen molar-refractivity contribution >= 4 is 62.8 Å². The molecule has 0 spiro atoms. The summed E-state index contributed by atoms with van der Waals surface area (Å²) in [6.45, 7) is 0. The van der Waals surface area contributed by atoms with Gasteiger partial charge in [0.1, 0.15) is 11.3 Å². The van der Waals surface area contributed by atoms with E-state index < -0.39 is 11.8 Å². The lowest BCUT2D eigenvalue weighted by molar-refractivity contribution is -0.132. The zero-order valence-electron chi connectivity index (χ0n) is 11.1. The number of halogens is 2. The van der Waals surface area contributed by atoms with Gasteiger partial charge in [-0.2, -0.15) is 0 Å². The molecule has 0 radical (unpaired) electrons. The maximum absolute atomic E-state index is 12.2. The third-order valence-electron chi connectivity index (χ3n) is 3.00. The molecule has 2 amide bonds. The van der Waals surface area contributed by atoms with Crippen LogP contribution >= 0.6 is 39.7 Å². The summed E-state index contributed by atoms with van der Waals surface area (Å²) >= 11 is 14.1. The van der Waals surface area contributed by atoms with Crippen LogP contribution in [0.15, 0.2) is 22.2 Å². The molecule has 1 fully saturated rings. The van der Waals surface area contributed by atoms with Crippen LogP contribution in [0.1, 0.15) is 5.56 Å². The molecule has 1 aromatic carbocycles. The van der Waals surface area contributed by atoms with E-state index in [2.05, 4.69) is 15.9 Å². The van der Waals surface area contributed by atoms with E-state index in [0.717, 1.165) is 0 Å². The number of likely N-dealkylation sites (N-methyl/N-ethyl adjacent to an activating group) is 2. The fourth-order valence-electron chi connectivity index (χ4n) is 1.83. The van der Waals surface area contributed by atoms with Gasteiger partial charge in [-0.25, -0.2) is 0 Å². The Kier molecular flexibility index (Phi) is 4.36. The van der Waals surface area contributed by atoms with Gasteiger partial charge in [0.25, 0.3) is 11.8 Å². The van der Waals surface area contributed by atoms with Crippen molar-refractivity contribution in [2.75, 3.05) is 14.1 Å². The number of rotatable bonds is 1. The fraction of sp³-hybridized carbons (Fsp3) is 0.154. The summed E-state index contributed by atoms with van der Waals surface area (Å²) < 4.78 is 0.616. The van der Waals surface area contributed by atoms with Gasteiger partial charge in [-0.05, 0) is 30.4 Å². The first-order chi connectivity index (χ1) is 9.73. The summed E-state index contributed by atoms with van der Waals surface area (Å²) in [6.07, 6.45) is 1.30. The summed E-state index contributed by atoms with van der Waals surface area (Å²) in [5, 5.41) is 10.2. The second-order valence-corrected chi connectivity index (χ2v) is 6.08. The van der Waals surface area contributed by atoms with Gasteiger partial charge in [0.15, 0.2) is 5.11 Å². The normalized spacial score (nSPS) is 15.8. The number of benzene rings is 1. The van der Waals surface area contributed by atoms with E-state index >= 15 is 0 Å². The number of carbonyl (C=O) groups is 2. The number of aromatic hydroxyl groups is 1. The topological polar surface area (TPSA) is 60.9 Å². The number of carbonyl (C=O) groups excluding carboxylic acids is 2. The zero-order valence-corrected chi connectivity index (χ0v) is 14.2. The molecule has 110 valence electrons. The van der Waals surface area contributed by atoms with Crippen LogP contribution in [-0.2, 0) is 9.59 Å². The van der Waals surface area contributed by atoms with E-state index in [4.69, 9.17) is 23.8 Å². The van der Waals surface area contributed by atoms with Gasteiger partial charge in [0.2, 0.25) is 0 Å². The van der Waals surface area contributed by atoms with Crippen LogP contribution in [0.25, 0.3) is 6.08 Å². The zero-order chi connectivity index (χ0) is 15.9. The number of phenolic OH excluding ortho intramolecular Hbond substituents is 1. The number of amides is 2. The smallest absolute Gasteiger partial charge is 0.265 e.